The van der Waals surface area contributed by atoms with Gasteiger partial charge in [0.25, 0.3) is 5.91 Å². The van der Waals surface area contributed by atoms with E-state index in [0.717, 1.165) is 5.56 Å². The minimum Gasteiger partial charge on any atom is -0.452 e. The number of ether oxygens (including phenoxy) is 1. The van der Waals surface area contributed by atoms with Gasteiger partial charge in [0.1, 0.15) is 0 Å². The first kappa shape index (κ1) is 14.2. The summed E-state index contributed by atoms with van der Waals surface area (Å²) in [5, 5.41) is 0. The first-order chi connectivity index (χ1) is 8.58. The molecule has 1 amide bonds. The van der Waals surface area contributed by atoms with Crippen LogP contribution in [0, 0.1) is 6.92 Å². The van der Waals surface area contributed by atoms with Crippen LogP contribution in [0.1, 0.15) is 29.8 Å². The topological polar surface area (TPSA) is 46.6 Å². The number of aryl methyl sites for hydroxylation is 1. The second-order valence-corrected chi connectivity index (χ2v) is 4.01. The van der Waals surface area contributed by atoms with Gasteiger partial charge in [-0.1, -0.05) is 17.7 Å². The number of likely N-dealkylation sites (N-methyl/N-ethyl adjacent to an activating group) is 1. The van der Waals surface area contributed by atoms with Gasteiger partial charge in [-0.25, -0.2) is 4.79 Å². The molecule has 1 aromatic rings. The van der Waals surface area contributed by atoms with E-state index in [9.17, 15) is 9.59 Å². The smallest absolute Gasteiger partial charge is 0.338 e. The first-order valence-electron chi connectivity index (χ1n) is 6.10. The molecule has 0 saturated carbocycles. The molecule has 0 aromatic heterocycles. The van der Waals surface area contributed by atoms with Crippen LogP contribution >= 0.6 is 0 Å². The van der Waals surface area contributed by atoms with Crippen molar-refractivity contribution in [2.45, 2.75) is 20.8 Å². The standard InChI is InChI=1S/C14H19NO3/c1-4-15(5-2)13(16)10-18-14(17)12-8-6-11(3)7-9-12/h6-9H,4-5,10H2,1-3H3. The van der Waals surface area contributed by atoms with E-state index in [-0.39, 0.29) is 12.5 Å². The summed E-state index contributed by atoms with van der Waals surface area (Å²) in [7, 11) is 0. The Morgan fingerprint density at radius 2 is 1.67 bits per heavy atom. The minimum atomic E-state index is -0.462. The van der Waals surface area contributed by atoms with Crippen molar-refractivity contribution in [1.29, 1.82) is 0 Å². The van der Waals surface area contributed by atoms with Gasteiger partial charge in [-0.15, -0.1) is 0 Å². The molecule has 0 fully saturated rings. The van der Waals surface area contributed by atoms with E-state index in [0.29, 0.717) is 18.7 Å². The maximum absolute atomic E-state index is 11.7. The van der Waals surface area contributed by atoms with Crippen LogP contribution in [0.5, 0.6) is 0 Å². The molecule has 0 aliphatic rings. The van der Waals surface area contributed by atoms with Crippen molar-refractivity contribution in [2.24, 2.45) is 0 Å². The third kappa shape index (κ3) is 3.87. The van der Waals surface area contributed by atoms with Crippen molar-refractivity contribution in [3.8, 4) is 0 Å². The van der Waals surface area contributed by atoms with Crippen molar-refractivity contribution >= 4 is 11.9 Å². The number of hydrogen-bond donors (Lipinski definition) is 0. The van der Waals surface area contributed by atoms with Crippen LogP contribution in [0.25, 0.3) is 0 Å². The Balaban J connectivity index is 2.51. The molecular weight excluding hydrogens is 230 g/mol. The number of amides is 1. The molecule has 0 aliphatic heterocycles. The lowest BCUT2D eigenvalue weighted by atomic mass is 10.1. The molecule has 4 heteroatoms. The summed E-state index contributed by atoms with van der Waals surface area (Å²) in [6.45, 7) is 6.77. The maximum Gasteiger partial charge on any atom is 0.338 e. The molecule has 0 spiro atoms. The number of carbonyl (C=O) groups excluding carboxylic acids is 2. The van der Waals surface area contributed by atoms with Crippen LogP contribution in [0.4, 0.5) is 0 Å². The number of rotatable bonds is 5. The van der Waals surface area contributed by atoms with E-state index in [1.807, 2.05) is 32.9 Å². The third-order valence-electron chi connectivity index (χ3n) is 2.73. The van der Waals surface area contributed by atoms with Crippen LogP contribution in [0.15, 0.2) is 24.3 Å². The molecular formula is C14H19NO3. The summed E-state index contributed by atoms with van der Waals surface area (Å²) in [4.78, 5) is 24.9. The number of esters is 1. The number of benzene rings is 1. The van der Waals surface area contributed by atoms with Crippen molar-refractivity contribution in [3.05, 3.63) is 35.4 Å². The first-order valence-corrected chi connectivity index (χ1v) is 6.10. The van der Waals surface area contributed by atoms with Crippen LogP contribution in [0.2, 0.25) is 0 Å². The second kappa shape index (κ2) is 6.79. The third-order valence-corrected chi connectivity index (χ3v) is 2.73. The average Bonchev–Trinajstić information content (AvgIpc) is 2.38. The Labute approximate surface area is 108 Å². The predicted octanol–water partition coefficient (Wildman–Crippen LogP) is 2.02. The van der Waals surface area contributed by atoms with E-state index < -0.39 is 5.97 Å². The SMILES string of the molecule is CCN(CC)C(=O)COC(=O)c1ccc(C)cc1. The fraction of sp³-hybridized carbons (Fsp3) is 0.429. The van der Waals surface area contributed by atoms with Crippen molar-refractivity contribution in [2.75, 3.05) is 19.7 Å². The quantitative estimate of drug-likeness (QED) is 0.750. The fourth-order valence-electron chi connectivity index (χ4n) is 1.57. The van der Waals surface area contributed by atoms with Crippen LogP contribution in [-0.4, -0.2) is 36.5 Å². The Morgan fingerprint density at radius 1 is 1.11 bits per heavy atom. The average molecular weight is 249 g/mol. The van der Waals surface area contributed by atoms with Crippen LogP contribution < -0.4 is 0 Å². The van der Waals surface area contributed by atoms with Gasteiger partial charge in [0, 0.05) is 13.1 Å². The zero-order chi connectivity index (χ0) is 13.5. The Kier molecular flexibility index (Phi) is 5.36. The molecule has 0 unspecified atom stereocenters. The Bertz CT molecular complexity index is 408. The molecule has 0 heterocycles. The zero-order valence-electron chi connectivity index (χ0n) is 11.1. The van der Waals surface area contributed by atoms with Gasteiger partial charge in [-0.2, -0.15) is 0 Å². The molecule has 1 rings (SSSR count). The monoisotopic (exact) mass is 249 g/mol. The summed E-state index contributed by atoms with van der Waals surface area (Å²) < 4.78 is 4.98. The van der Waals surface area contributed by atoms with Gasteiger partial charge in [-0.3, -0.25) is 4.79 Å². The van der Waals surface area contributed by atoms with Gasteiger partial charge in [0.05, 0.1) is 5.56 Å². The Hall–Kier alpha value is -1.84. The molecule has 0 aliphatic carbocycles. The van der Waals surface area contributed by atoms with Crippen molar-refractivity contribution in [3.63, 3.8) is 0 Å². The highest BCUT2D eigenvalue weighted by Gasteiger charge is 2.13. The number of nitrogens with zero attached hydrogens (tertiary/aromatic N) is 1. The molecule has 0 atom stereocenters. The number of hydrogen-bond acceptors (Lipinski definition) is 3. The van der Waals surface area contributed by atoms with Crippen LogP contribution in [-0.2, 0) is 9.53 Å². The summed E-state index contributed by atoms with van der Waals surface area (Å²) in [5.41, 5.74) is 1.54. The van der Waals surface area contributed by atoms with E-state index in [4.69, 9.17) is 4.74 Å². The summed E-state index contributed by atoms with van der Waals surface area (Å²) in [6, 6.07) is 7.06. The highest BCUT2D eigenvalue weighted by molar-refractivity contribution is 5.91. The highest BCUT2D eigenvalue weighted by Crippen LogP contribution is 2.05. The van der Waals surface area contributed by atoms with Crippen LogP contribution in [0.3, 0.4) is 0 Å². The molecule has 0 bridgehead atoms. The molecule has 0 N–H and O–H groups in total. The van der Waals surface area contributed by atoms with E-state index in [1.165, 1.54) is 0 Å². The summed E-state index contributed by atoms with van der Waals surface area (Å²) in [5.74, 6) is -0.629. The lowest BCUT2D eigenvalue weighted by molar-refractivity contribution is -0.134. The van der Waals surface area contributed by atoms with Gasteiger partial charge < -0.3 is 9.64 Å². The predicted molar refractivity (Wildman–Crippen MR) is 69.4 cm³/mol. The van der Waals surface area contributed by atoms with Gasteiger partial charge >= 0.3 is 5.97 Å². The normalized spacial score (nSPS) is 9.94. The molecule has 4 nitrogen and oxygen atoms in total. The Morgan fingerprint density at radius 3 is 2.17 bits per heavy atom. The summed E-state index contributed by atoms with van der Waals surface area (Å²) in [6.07, 6.45) is 0. The maximum atomic E-state index is 11.7. The highest BCUT2D eigenvalue weighted by atomic mass is 16.5. The fourth-order valence-corrected chi connectivity index (χ4v) is 1.57. The summed E-state index contributed by atoms with van der Waals surface area (Å²) >= 11 is 0. The molecule has 1 aromatic carbocycles. The van der Waals surface area contributed by atoms with E-state index >= 15 is 0 Å². The lowest BCUT2D eigenvalue weighted by Crippen LogP contribution is -2.34. The molecule has 18 heavy (non-hydrogen) atoms. The minimum absolute atomic E-state index is 0.166. The van der Waals surface area contributed by atoms with Crippen molar-refractivity contribution in [1.82, 2.24) is 4.90 Å². The zero-order valence-corrected chi connectivity index (χ0v) is 11.1. The second-order valence-electron chi connectivity index (χ2n) is 4.01. The van der Waals surface area contributed by atoms with Gasteiger partial charge in [-0.05, 0) is 32.9 Å². The molecule has 0 saturated heterocycles. The molecule has 0 radical (unpaired) electrons. The van der Waals surface area contributed by atoms with Gasteiger partial charge in [0.15, 0.2) is 6.61 Å². The molecule has 98 valence electrons. The van der Waals surface area contributed by atoms with E-state index in [2.05, 4.69) is 0 Å². The van der Waals surface area contributed by atoms with E-state index in [1.54, 1.807) is 17.0 Å². The number of carbonyl (C=O) groups is 2. The van der Waals surface area contributed by atoms with Crippen molar-refractivity contribution < 1.29 is 14.3 Å². The lowest BCUT2D eigenvalue weighted by Gasteiger charge is -2.18. The van der Waals surface area contributed by atoms with Gasteiger partial charge in [0.2, 0.25) is 0 Å². The largest absolute Gasteiger partial charge is 0.452 e.